The highest BCUT2D eigenvalue weighted by molar-refractivity contribution is 7.64. The Hall–Kier alpha value is -11.1. The van der Waals surface area contributed by atoms with Crippen LogP contribution < -0.4 is 76.1 Å². The summed E-state index contributed by atoms with van der Waals surface area (Å²) < 4.78 is 61.1. The van der Waals surface area contributed by atoms with Crippen LogP contribution in [-0.4, -0.2) is 282 Å². The van der Waals surface area contributed by atoms with E-state index >= 15 is 33.6 Å². The molecule has 0 aromatic heterocycles. The number of amides is 8. The standard InChI is InChI=1S/C99H122Cl2N13O27P/c1-50(2)18-9-7-6-8-10-19-74(120)105-83-87(124)85(122)72(48-115)138-98(83)140-90-70-42-55-43-71(90)136-66-29-24-54(40-62(66)100)84(121)82-97(133)109-80(92(128)103-30-17-31-111(4)5)60-44-56(117)45-68(137-99-89(126)88(125)86(123)73(49-116)139-99)75(60)59-39-52(22-27-64(59)118)78(94(130)110-82)106-95(131)79(55)107-96(132)81-61-46-58(47-69(76(61)101)141-142(112-32-11-12-33-112,113-34-13-14-35-113)114-36-15-16-37-114)135-67-41-53(23-28-65(67)119)77(102-3)93(129)104-63(91(127)108-81)38-51-20-25-57(134-70)26-21-51/h20-29,39-47,50,63,72-73,77-89,98-99,102,115-116,121-126H,6-19,30-38,48-49H2,1-5H3,(H10-,103,104,105,106,107,108,109,110,117,118,119,120,127,128,129,130,131,132,133)/p+1/t63-,72-,73-,77-,78-,79-,80-,81+,82+,83-,84-,85-,86-,87-,88+,89+,98+,99+/m1/s1. The zero-order chi connectivity index (χ0) is 101. The summed E-state index contributed by atoms with van der Waals surface area (Å²) in [5, 5.41) is 153. The number of unbranched alkanes of at least 4 members (excludes halogenated alkanes) is 4. The summed E-state index contributed by atoms with van der Waals surface area (Å²) >= 11 is 15.5. The van der Waals surface area contributed by atoms with Gasteiger partial charge >= 0.3 is 7.94 Å². The number of halogens is 2. The van der Waals surface area contributed by atoms with Crippen LogP contribution in [0.3, 0.4) is 0 Å². The molecule has 40 nitrogen and oxygen atoms in total. The Bertz CT molecular complexity index is 5740. The van der Waals surface area contributed by atoms with Crippen LogP contribution in [-0.2, 0) is 54.3 Å². The number of aliphatic hydroxyl groups is 8. The van der Waals surface area contributed by atoms with Gasteiger partial charge in [-0.2, -0.15) is 0 Å². The van der Waals surface area contributed by atoms with Crippen LogP contribution in [0.15, 0.2) is 115 Å². The van der Waals surface area contributed by atoms with E-state index in [9.17, 15) is 61.0 Å². The molecule has 142 heavy (non-hydrogen) atoms. The van der Waals surface area contributed by atoms with Crippen LogP contribution >= 0.6 is 31.1 Å². The van der Waals surface area contributed by atoms with Crippen molar-refractivity contribution in [2.75, 3.05) is 86.7 Å². The third-order valence-electron chi connectivity index (χ3n) is 27.1. The van der Waals surface area contributed by atoms with Crippen molar-refractivity contribution in [3.63, 3.8) is 0 Å². The average molecular weight is 2030 g/mol. The molecule has 5 fully saturated rings. The fraction of sp³-hybridized carbons (Fsp3) is 0.495. The predicted molar refractivity (Wildman–Crippen MR) is 515 cm³/mol. The fourth-order valence-electron chi connectivity index (χ4n) is 19.5. The van der Waals surface area contributed by atoms with Crippen LogP contribution in [0.4, 0.5) is 0 Å². The number of phenols is 3. The first-order valence-electron chi connectivity index (χ1n) is 48.2. The second kappa shape index (κ2) is 45.5. The topological polar surface area (TPSA) is 554 Å². The zero-order valence-electron chi connectivity index (χ0n) is 79.1. The van der Waals surface area contributed by atoms with Gasteiger partial charge in [0, 0.05) is 87.5 Å². The Labute approximate surface area is 829 Å². The minimum absolute atomic E-state index is 0.0595. The number of rotatable bonds is 26. The van der Waals surface area contributed by atoms with Gasteiger partial charge in [0.15, 0.2) is 23.0 Å². The highest BCUT2D eigenvalue weighted by Crippen LogP contribution is 2.71. The molecular formula is C99H123Cl2N13O27P+. The van der Waals surface area contributed by atoms with Crippen LogP contribution in [0.1, 0.15) is 179 Å². The number of phenolic OH excluding ortho intramolecular Hbond substituents is 3. The molecule has 11 aliphatic heterocycles. The number of aromatic hydroxyl groups is 3. The predicted octanol–water partition coefficient (Wildman–Crippen LogP) is 6.32. The van der Waals surface area contributed by atoms with Crippen molar-refractivity contribution >= 4 is 78.4 Å². The molecule has 0 saturated carbocycles. The molecule has 18 atom stereocenters. The molecule has 0 spiro atoms. The SMILES string of the molecule is CN[C@H]1C(=O)N[C@@H]2Cc3ccc(cc3)Oc3cc4cc(c3O[C@@H]3O[C@H](CO)[C@@H](O)[C@H](O)[C@H]3NC(=O)CCCCCCCC(C)C)Oc3ccc(cc3Cl)[C@@H](O)[C@@H]3NC(=O)[C@H](NC(=O)[C@@H]4NC(=O)[C@@H](NC2=O)c2cc(cc(O[P+](N4CCCC4)(N4CCCC4)N4CCCC4)c2Cl)Oc2cc1ccc2O)c1ccc(O)c(c1)-c1c(O[C@H]2O[C@H](CO)[C@@H](O)[C@H](O)[C@@H]2O)cc(O)cc1[C@H](C(=O)NCCCN(C)C)NC3=O. The third-order valence-corrected chi connectivity index (χ3v) is 31.6. The number of fused-ring (bicyclic) bond motifs is 14. The van der Waals surface area contributed by atoms with Gasteiger partial charge in [-0.25, -0.2) is 0 Å². The van der Waals surface area contributed by atoms with Gasteiger partial charge in [0.1, 0.15) is 132 Å². The van der Waals surface area contributed by atoms with Crippen molar-refractivity contribution in [2.45, 2.75) is 220 Å². The van der Waals surface area contributed by atoms with Gasteiger partial charge in [0.05, 0.1) is 23.3 Å². The van der Waals surface area contributed by atoms with Gasteiger partial charge in [-0.15, -0.1) is 14.0 Å². The van der Waals surface area contributed by atoms with Crippen molar-refractivity contribution in [2.24, 2.45) is 5.92 Å². The molecule has 764 valence electrons. The number of nitrogens with one attached hydrogen (secondary N) is 9. The van der Waals surface area contributed by atoms with Crippen molar-refractivity contribution in [3.05, 3.63) is 164 Å². The van der Waals surface area contributed by atoms with Crippen LogP contribution in [0, 0.1) is 5.92 Å². The molecule has 8 amide bonds. The number of nitrogens with zero attached hydrogens (tertiary/aromatic N) is 4. The largest absolute Gasteiger partial charge is 0.508 e. The summed E-state index contributed by atoms with van der Waals surface area (Å²) in [6.45, 7) is 6.48. The van der Waals surface area contributed by atoms with Gasteiger partial charge in [-0.05, 0) is 191 Å². The van der Waals surface area contributed by atoms with Gasteiger partial charge in [0.25, 0.3) is 0 Å². The Morgan fingerprint density at radius 3 is 1.78 bits per heavy atom. The summed E-state index contributed by atoms with van der Waals surface area (Å²) in [6, 6.07) is 8.31. The molecule has 0 unspecified atom stereocenters. The lowest BCUT2D eigenvalue weighted by Gasteiger charge is -2.42. The van der Waals surface area contributed by atoms with E-state index in [-0.39, 0.29) is 75.4 Å². The van der Waals surface area contributed by atoms with E-state index in [0.717, 1.165) is 107 Å². The quantitative estimate of drug-likeness (QED) is 0.0208. The van der Waals surface area contributed by atoms with Gasteiger partial charge in [0.2, 0.25) is 71.3 Å². The minimum atomic E-state index is -3.20. The van der Waals surface area contributed by atoms with Crippen molar-refractivity contribution < 1.29 is 132 Å². The highest BCUT2D eigenvalue weighted by Gasteiger charge is 2.63. The number of carbonyl (C=O) groups excluding carboxylic acids is 8. The lowest BCUT2D eigenvalue weighted by atomic mass is 9.89. The van der Waals surface area contributed by atoms with Crippen LogP contribution in [0.2, 0.25) is 10.0 Å². The number of aliphatic hydroxyl groups excluding tert-OH is 8. The van der Waals surface area contributed by atoms with Crippen molar-refractivity contribution in [1.29, 1.82) is 0 Å². The number of ether oxygens (including phenoxy) is 7. The molecule has 0 aliphatic carbocycles. The molecule has 11 heterocycles. The summed E-state index contributed by atoms with van der Waals surface area (Å²) in [7, 11) is 1.87. The first-order valence-corrected chi connectivity index (χ1v) is 50.5. The Morgan fingerprint density at radius 1 is 0.535 bits per heavy atom. The first-order chi connectivity index (χ1) is 68.2. The summed E-state index contributed by atoms with van der Waals surface area (Å²) in [5.41, 5.74) is -2.02. The Balaban J connectivity index is 0.931. The maximum atomic E-state index is 17.4. The van der Waals surface area contributed by atoms with E-state index < -0.39 is 246 Å². The molecule has 17 bridgehead atoms. The number of hydrogen-bond acceptors (Lipinski definition) is 32. The molecule has 5 saturated heterocycles. The van der Waals surface area contributed by atoms with Crippen molar-refractivity contribution in [1.82, 2.24) is 66.8 Å². The lowest BCUT2D eigenvalue weighted by molar-refractivity contribution is -0.277. The summed E-state index contributed by atoms with van der Waals surface area (Å²) in [4.78, 5) is 131. The van der Waals surface area contributed by atoms with E-state index in [0.29, 0.717) is 76.6 Å². The Kier molecular flexibility index (Phi) is 33.2. The molecule has 7 aromatic carbocycles. The second-order valence-corrected chi connectivity index (χ2v) is 41.6. The minimum Gasteiger partial charge on any atom is -0.508 e. The molecule has 20 N–H and O–H groups in total. The van der Waals surface area contributed by atoms with Crippen LogP contribution in [0.5, 0.6) is 69.0 Å². The molecule has 18 rings (SSSR count). The molecule has 0 radical (unpaired) electrons. The molecular weight excluding hydrogens is 1910 g/mol. The van der Waals surface area contributed by atoms with E-state index in [2.05, 4.69) is 75.7 Å². The van der Waals surface area contributed by atoms with E-state index in [1.54, 1.807) is 26.2 Å². The molecule has 11 aliphatic rings. The number of hydrogen-bond donors (Lipinski definition) is 20. The fourth-order valence-corrected chi connectivity index (χ4v) is 24.3. The van der Waals surface area contributed by atoms with E-state index in [1.807, 2.05) is 4.90 Å². The van der Waals surface area contributed by atoms with E-state index in [4.69, 9.17) is 60.9 Å². The van der Waals surface area contributed by atoms with E-state index in [1.165, 1.54) is 67.7 Å². The van der Waals surface area contributed by atoms with Gasteiger partial charge in [-0.1, -0.05) is 99.5 Å². The Morgan fingerprint density at radius 2 is 1.13 bits per heavy atom. The lowest BCUT2D eigenvalue weighted by Crippen LogP contribution is -2.65. The summed E-state index contributed by atoms with van der Waals surface area (Å²) in [6.07, 6.45) is -9.96. The number of carbonyl (C=O) groups is 8. The third kappa shape index (κ3) is 22.7. The average Bonchev–Trinajstić information content (AvgIpc) is 1.50. The van der Waals surface area contributed by atoms with Crippen molar-refractivity contribution in [3.8, 4) is 80.1 Å². The number of benzene rings is 7. The molecule has 7 aromatic rings. The molecule has 43 heteroatoms. The number of likely N-dealkylation sites (N-methyl/N-ethyl adjacent to an activating group) is 1. The highest BCUT2D eigenvalue weighted by atomic mass is 35.5. The maximum Gasteiger partial charge on any atom is 0.417 e. The first kappa shape index (κ1) is 104. The second-order valence-electron chi connectivity index (χ2n) is 37.9. The zero-order valence-corrected chi connectivity index (χ0v) is 81.5. The maximum absolute atomic E-state index is 17.4. The smallest absolute Gasteiger partial charge is 0.417 e. The normalized spacial score (nSPS) is 26.7. The monoisotopic (exact) mass is 2030 g/mol. The van der Waals surface area contributed by atoms with Gasteiger partial charge in [-0.3, -0.25) is 42.9 Å². The van der Waals surface area contributed by atoms with Gasteiger partial charge < -0.3 is 142 Å². The van der Waals surface area contributed by atoms with Crippen LogP contribution in [0.25, 0.3) is 11.1 Å². The summed E-state index contributed by atoms with van der Waals surface area (Å²) in [5.74, 6) is -13.3.